The Hall–Kier alpha value is -2.17. The zero-order valence-corrected chi connectivity index (χ0v) is 9.08. The van der Waals surface area contributed by atoms with Crippen molar-refractivity contribution in [2.24, 2.45) is 0 Å². The van der Waals surface area contributed by atoms with Gasteiger partial charge in [-0.05, 0) is 37.1 Å². The van der Waals surface area contributed by atoms with E-state index in [1.165, 1.54) is 0 Å². The van der Waals surface area contributed by atoms with Crippen LogP contribution in [0.1, 0.15) is 34.9 Å². The number of aldehydes is 1. The molecule has 0 saturated heterocycles. The molecule has 86 valence electrons. The summed E-state index contributed by atoms with van der Waals surface area (Å²) in [4.78, 5) is 10.9. The summed E-state index contributed by atoms with van der Waals surface area (Å²) in [5.41, 5.74) is 2.11. The molecule has 1 saturated carbocycles. The molecule has 1 aromatic heterocycles. The van der Waals surface area contributed by atoms with E-state index in [-0.39, 0.29) is 5.75 Å². The molecule has 0 spiro atoms. The second kappa shape index (κ2) is 3.69. The topological polar surface area (TPSA) is 68.0 Å². The van der Waals surface area contributed by atoms with E-state index in [1.54, 1.807) is 28.9 Å². The fourth-order valence-corrected chi connectivity index (χ4v) is 1.91. The Morgan fingerprint density at radius 2 is 2.00 bits per heavy atom. The Kier molecular flexibility index (Phi) is 2.18. The molecule has 0 aliphatic heterocycles. The number of benzene rings is 1. The zero-order chi connectivity index (χ0) is 11.8. The maximum atomic E-state index is 10.9. The SMILES string of the molecule is O=Cc1nnn(-c2ccc(O)cc2)c1C1CC1. The standard InChI is InChI=1S/C12H11N3O2/c16-7-11-12(8-1-2-8)15(14-13-11)9-3-5-10(17)6-4-9/h3-8,17H,1-2H2. The van der Waals surface area contributed by atoms with E-state index in [0.29, 0.717) is 11.6 Å². The molecule has 3 rings (SSSR count). The van der Waals surface area contributed by atoms with Gasteiger partial charge in [0.25, 0.3) is 0 Å². The molecule has 1 aliphatic carbocycles. The Bertz CT molecular complexity index is 556. The van der Waals surface area contributed by atoms with Crippen molar-refractivity contribution >= 4 is 6.29 Å². The van der Waals surface area contributed by atoms with E-state index in [4.69, 9.17) is 0 Å². The molecule has 1 N–H and O–H groups in total. The third kappa shape index (κ3) is 1.69. The Morgan fingerprint density at radius 3 is 2.59 bits per heavy atom. The molecule has 5 heteroatoms. The van der Waals surface area contributed by atoms with E-state index >= 15 is 0 Å². The smallest absolute Gasteiger partial charge is 0.172 e. The van der Waals surface area contributed by atoms with Gasteiger partial charge < -0.3 is 5.11 Å². The van der Waals surface area contributed by atoms with Gasteiger partial charge in [0, 0.05) is 5.92 Å². The van der Waals surface area contributed by atoms with Crippen LogP contribution in [0.15, 0.2) is 24.3 Å². The molecule has 1 heterocycles. The second-order valence-corrected chi connectivity index (χ2v) is 4.18. The lowest BCUT2D eigenvalue weighted by Crippen LogP contribution is -2.02. The minimum atomic E-state index is 0.206. The van der Waals surface area contributed by atoms with Gasteiger partial charge in [0.1, 0.15) is 11.4 Å². The summed E-state index contributed by atoms with van der Waals surface area (Å²) in [7, 11) is 0. The summed E-state index contributed by atoms with van der Waals surface area (Å²) in [5, 5.41) is 17.1. The largest absolute Gasteiger partial charge is 0.508 e. The second-order valence-electron chi connectivity index (χ2n) is 4.18. The minimum Gasteiger partial charge on any atom is -0.508 e. The molecule has 1 fully saturated rings. The van der Waals surface area contributed by atoms with Crippen molar-refractivity contribution in [3.63, 3.8) is 0 Å². The molecule has 0 radical (unpaired) electrons. The lowest BCUT2D eigenvalue weighted by atomic mass is 10.2. The molecule has 0 amide bonds. The zero-order valence-electron chi connectivity index (χ0n) is 9.08. The summed E-state index contributed by atoms with van der Waals surface area (Å²) in [6.07, 6.45) is 2.90. The van der Waals surface area contributed by atoms with Gasteiger partial charge in [0.15, 0.2) is 6.29 Å². The first-order chi connectivity index (χ1) is 8.29. The molecule has 2 aromatic rings. The molecule has 0 atom stereocenters. The van der Waals surface area contributed by atoms with Crippen molar-refractivity contribution in [2.75, 3.05) is 0 Å². The van der Waals surface area contributed by atoms with E-state index in [9.17, 15) is 9.90 Å². The maximum Gasteiger partial charge on any atom is 0.172 e. The molecule has 1 aliphatic rings. The van der Waals surface area contributed by atoms with E-state index < -0.39 is 0 Å². The highest BCUT2D eigenvalue weighted by Crippen LogP contribution is 2.41. The van der Waals surface area contributed by atoms with Gasteiger partial charge in [-0.25, -0.2) is 4.68 Å². The molecular weight excluding hydrogens is 218 g/mol. The van der Waals surface area contributed by atoms with E-state index in [1.807, 2.05) is 0 Å². The van der Waals surface area contributed by atoms with Gasteiger partial charge in [-0.15, -0.1) is 5.10 Å². The highest BCUT2D eigenvalue weighted by atomic mass is 16.3. The van der Waals surface area contributed by atoms with Gasteiger partial charge in [-0.3, -0.25) is 4.79 Å². The molecule has 0 bridgehead atoms. The third-order valence-corrected chi connectivity index (χ3v) is 2.90. The van der Waals surface area contributed by atoms with Crippen LogP contribution >= 0.6 is 0 Å². The van der Waals surface area contributed by atoms with Crippen molar-refractivity contribution < 1.29 is 9.90 Å². The summed E-state index contributed by atoms with van der Waals surface area (Å²) < 4.78 is 1.68. The van der Waals surface area contributed by atoms with Crippen LogP contribution in [0.2, 0.25) is 0 Å². The number of carbonyl (C=O) groups excluding carboxylic acids is 1. The highest BCUT2D eigenvalue weighted by Gasteiger charge is 2.31. The van der Waals surface area contributed by atoms with Crippen LogP contribution in [-0.4, -0.2) is 26.4 Å². The number of phenols is 1. The lowest BCUT2D eigenvalue weighted by molar-refractivity contribution is 0.111. The Morgan fingerprint density at radius 1 is 1.29 bits per heavy atom. The van der Waals surface area contributed by atoms with Gasteiger partial charge >= 0.3 is 0 Å². The van der Waals surface area contributed by atoms with Crippen LogP contribution in [0.4, 0.5) is 0 Å². The molecule has 5 nitrogen and oxygen atoms in total. The fraction of sp³-hybridized carbons (Fsp3) is 0.250. The first kappa shape index (κ1) is 10.0. The number of rotatable bonds is 3. The summed E-state index contributed by atoms with van der Waals surface area (Å²) >= 11 is 0. The van der Waals surface area contributed by atoms with Crippen LogP contribution in [0.3, 0.4) is 0 Å². The number of aromatic nitrogens is 3. The van der Waals surface area contributed by atoms with E-state index in [2.05, 4.69) is 10.3 Å². The molecular formula is C12H11N3O2. The predicted octanol–water partition coefficient (Wildman–Crippen LogP) is 1.66. The monoisotopic (exact) mass is 229 g/mol. The average molecular weight is 229 g/mol. The molecule has 17 heavy (non-hydrogen) atoms. The van der Waals surface area contributed by atoms with Crippen molar-refractivity contribution in [3.8, 4) is 11.4 Å². The number of hydrogen-bond donors (Lipinski definition) is 1. The number of phenolic OH excluding ortho intramolecular Hbond substituents is 1. The van der Waals surface area contributed by atoms with Gasteiger partial charge in [-0.1, -0.05) is 5.21 Å². The maximum absolute atomic E-state index is 10.9. The normalized spacial score (nSPS) is 14.8. The fourth-order valence-electron chi connectivity index (χ4n) is 1.91. The highest BCUT2D eigenvalue weighted by molar-refractivity contribution is 5.74. The van der Waals surface area contributed by atoms with Gasteiger partial charge in [0.2, 0.25) is 0 Å². The number of hydrogen-bond acceptors (Lipinski definition) is 4. The van der Waals surface area contributed by atoms with Crippen LogP contribution in [0.25, 0.3) is 5.69 Å². The molecule has 0 unspecified atom stereocenters. The molecule has 1 aromatic carbocycles. The summed E-state index contributed by atoms with van der Waals surface area (Å²) in [6.45, 7) is 0. The number of aromatic hydroxyl groups is 1. The third-order valence-electron chi connectivity index (χ3n) is 2.90. The average Bonchev–Trinajstić information content (AvgIpc) is 3.10. The lowest BCUT2D eigenvalue weighted by Gasteiger charge is -2.05. The summed E-state index contributed by atoms with van der Waals surface area (Å²) in [6, 6.07) is 6.69. The van der Waals surface area contributed by atoms with Crippen molar-refractivity contribution in [2.45, 2.75) is 18.8 Å². The first-order valence-corrected chi connectivity index (χ1v) is 5.50. The Labute approximate surface area is 97.7 Å². The van der Waals surface area contributed by atoms with E-state index in [0.717, 1.165) is 30.5 Å². The summed E-state index contributed by atoms with van der Waals surface area (Å²) in [5.74, 6) is 0.594. The van der Waals surface area contributed by atoms with Crippen molar-refractivity contribution in [1.29, 1.82) is 0 Å². The van der Waals surface area contributed by atoms with Crippen LogP contribution in [0, 0.1) is 0 Å². The number of nitrogens with zero attached hydrogens (tertiary/aromatic N) is 3. The predicted molar refractivity (Wildman–Crippen MR) is 60.4 cm³/mol. The van der Waals surface area contributed by atoms with Crippen LogP contribution in [0.5, 0.6) is 5.75 Å². The minimum absolute atomic E-state index is 0.206. The van der Waals surface area contributed by atoms with Crippen molar-refractivity contribution in [3.05, 3.63) is 35.7 Å². The Balaban J connectivity index is 2.10. The van der Waals surface area contributed by atoms with Gasteiger partial charge in [0.05, 0.1) is 11.4 Å². The van der Waals surface area contributed by atoms with Crippen molar-refractivity contribution in [1.82, 2.24) is 15.0 Å². The van der Waals surface area contributed by atoms with Crippen LogP contribution < -0.4 is 0 Å². The van der Waals surface area contributed by atoms with Gasteiger partial charge in [-0.2, -0.15) is 0 Å². The number of carbonyl (C=O) groups is 1. The first-order valence-electron chi connectivity index (χ1n) is 5.50. The quantitative estimate of drug-likeness (QED) is 0.813. The van der Waals surface area contributed by atoms with Crippen LogP contribution in [-0.2, 0) is 0 Å².